The Bertz CT molecular complexity index is 507. The van der Waals surface area contributed by atoms with Gasteiger partial charge in [0.15, 0.2) is 0 Å². The SMILES string of the molecule is O=C(O)/C=C/c1cccc(C(=O)N2CCSCC2)c1. The molecule has 1 amide bonds. The van der Waals surface area contributed by atoms with E-state index in [1.54, 1.807) is 24.3 Å². The average Bonchev–Trinajstić information content (AvgIpc) is 2.45. The molecule has 0 atom stereocenters. The first-order valence-electron chi connectivity index (χ1n) is 6.05. The summed E-state index contributed by atoms with van der Waals surface area (Å²) in [5.41, 5.74) is 1.33. The van der Waals surface area contributed by atoms with Gasteiger partial charge < -0.3 is 10.0 Å². The molecule has 1 aliphatic heterocycles. The van der Waals surface area contributed by atoms with Crippen molar-refractivity contribution in [1.29, 1.82) is 0 Å². The molecular weight excluding hydrogens is 262 g/mol. The fraction of sp³-hybridized carbons (Fsp3) is 0.286. The van der Waals surface area contributed by atoms with Crippen LogP contribution in [-0.4, -0.2) is 46.5 Å². The lowest BCUT2D eigenvalue weighted by Gasteiger charge is -2.26. The highest BCUT2D eigenvalue weighted by molar-refractivity contribution is 7.99. The number of carbonyl (C=O) groups is 2. The van der Waals surface area contributed by atoms with Crippen LogP contribution in [0.5, 0.6) is 0 Å². The molecule has 1 aliphatic rings. The highest BCUT2D eigenvalue weighted by Crippen LogP contribution is 2.14. The molecule has 1 saturated heterocycles. The van der Waals surface area contributed by atoms with Gasteiger partial charge in [-0.3, -0.25) is 4.79 Å². The molecule has 0 aromatic heterocycles. The minimum atomic E-state index is -0.996. The molecule has 4 nitrogen and oxygen atoms in total. The second-order valence-corrected chi connectivity index (χ2v) is 5.43. The molecule has 0 bridgehead atoms. The van der Waals surface area contributed by atoms with Crippen molar-refractivity contribution in [2.24, 2.45) is 0 Å². The monoisotopic (exact) mass is 277 g/mol. The predicted octanol–water partition coefficient (Wildman–Crippen LogP) is 1.97. The molecule has 1 aromatic rings. The number of carboxylic acid groups (broad SMARTS) is 1. The smallest absolute Gasteiger partial charge is 0.328 e. The lowest BCUT2D eigenvalue weighted by atomic mass is 10.1. The lowest BCUT2D eigenvalue weighted by Crippen LogP contribution is -2.37. The molecule has 0 saturated carbocycles. The number of nitrogens with zero attached hydrogens (tertiary/aromatic N) is 1. The highest BCUT2D eigenvalue weighted by atomic mass is 32.2. The molecule has 100 valence electrons. The Hall–Kier alpha value is -1.75. The maximum Gasteiger partial charge on any atom is 0.328 e. The van der Waals surface area contributed by atoms with E-state index in [0.717, 1.165) is 36.2 Å². The fourth-order valence-corrected chi connectivity index (χ4v) is 2.79. The molecule has 19 heavy (non-hydrogen) atoms. The topological polar surface area (TPSA) is 57.6 Å². The highest BCUT2D eigenvalue weighted by Gasteiger charge is 2.18. The van der Waals surface area contributed by atoms with Crippen LogP contribution in [0.3, 0.4) is 0 Å². The second kappa shape index (κ2) is 6.43. The molecule has 0 aliphatic carbocycles. The third-order valence-corrected chi connectivity index (χ3v) is 3.79. The number of benzene rings is 1. The number of aliphatic carboxylic acids is 1. The summed E-state index contributed by atoms with van der Waals surface area (Å²) < 4.78 is 0. The van der Waals surface area contributed by atoms with E-state index in [9.17, 15) is 9.59 Å². The van der Waals surface area contributed by atoms with Gasteiger partial charge in [-0.2, -0.15) is 11.8 Å². The zero-order valence-corrected chi connectivity index (χ0v) is 11.2. The number of hydrogen-bond acceptors (Lipinski definition) is 3. The summed E-state index contributed by atoms with van der Waals surface area (Å²) in [5, 5.41) is 8.59. The first kappa shape index (κ1) is 13.7. The number of rotatable bonds is 3. The maximum atomic E-state index is 12.3. The van der Waals surface area contributed by atoms with Crippen molar-refractivity contribution in [3.05, 3.63) is 41.5 Å². The summed E-state index contributed by atoms with van der Waals surface area (Å²) in [6.45, 7) is 1.55. The molecule has 0 radical (unpaired) electrons. The minimum Gasteiger partial charge on any atom is -0.478 e. The van der Waals surface area contributed by atoms with Crippen LogP contribution in [0.4, 0.5) is 0 Å². The number of amides is 1. The van der Waals surface area contributed by atoms with Gasteiger partial charge in [0.25, 0.3) is 5.91 Å². The summed E-state index contributed by atoms with van der Waals surface area (Å²) in [6, 6.07) is 7.04. The van der Waals surface area contributed by atoms with Gasteiger partial charge in [0.05, 0.1) is 0 Å². The van der Waals surface area contributed by atoms with Gasteiger partial charge in [0.1, 0.15) is 0 Å². The average molecular weight is 277 g/mol. The Kier molecular flexibility index (Phi) is 4.63. The van der Waals surface area contributed by atoms with Crippen LogP contribution < -0.4 is 0 Å². The first-order valence-corrected chi connectivity index (χ1v) is 7.20. The van der Waals surface area contributed by atoms with Crippen LogP contribution in [0.1, 0.15) is 15.9 Å². The van der Waals surface area contributed by atoms with E-state index < -0.39 is 5.97 Å². The summed E-state index contributed by atoms with van der Waals surface area (Å²) in [6.07, 6.45) is 2.56. The van der Waals surface area contributed by atoms with Gasteiger partial charge in [-0.05, 0) is 23.8 Å². The Morgan fingerprint density at radius 1 is 1.26 bits per heavy atom. The number of carboxylic acids is 1. The first-order chi connectivity index (χ1) is 9.16. The van der Waals surface area contributed by atoms with Crippen molar-refractivity contribution < 1.29 is 14.7 Å². The van der Waals surface area contributed by atoms with Crippen LogP contribution in [0.2, 0.25) is 0 Å². The molecule has 0 unspecified atom stereocenters. The van der Waals surface area contributed by atoms with Gasteiger partial charge in [-0.25, -0.2) is 4.79 Å². The molecule has 1 aromatic carbocycles. The molecule has 1 N–H and O–H groups in total. The molecular formula is C14H15NO3S. The predicted molar refractivity (Wildman–Crippen MR) is 76.3 cm³/mol. The Labute approximate surface area is 116 Å². The van der Waals surface area contributed by atoms with Crippen LogP contribution in [-0.2, 0) is 4.79 Å². The summed E-state index contributed by atoms with van der Waals surface area (Å²) in [4.78, 5) is 24.6. The van der Waals surface area contributed by atoms with E-state index in [1.807, 2.05) is 16.7 Å². The molecule has 0 spiro atoms. The van der Waals surface area contributed by atoms with Crippen molar-refractivity contribution in [3.63, 3.8) is 0 Å². The van der Waals surface area contributed by atoms with E-state index in [1.165, 1.54) is 6.08 Å². The van der Waals surface area contributed by atoms with Gasteiger partial charge in [-0.15, -0.1) is 0 Å². The van der Waals surface area contributed by atoms with E-state index >= 15 is 0 Å². The summed E-state index contributed by atoms with van der Waals surface area (Å²) in [7, 11) is 0. The van der Waals surface area contributed by atoms with Crippen LogP contribution in [0.25, 0.3) is 6.08 Å². The van der Waals surface area contributed by atoms with Crippen molar-refractivity contribution in [1.82, 2.24) is 4.90 Å². The van der Waals surface area contributed by atoms with Crippen LogP contribution in [0.15, 0.2) is 30.3 Å². The third kappa shape index (κ3) is 3.86. The quantitative estimate of drug-likeness (QED) is 0.858. The van der Waals surface area contributed by atoms with Crippen molar-refractivity contribution in [3.8, 4) is 0 Å². The molecule has 1 fully saturated rings. The lowest BCUT2D eigenvalue weighted by molar-refractivity contribution is -0.131. The molecule has 2 rings (SSSR count). The Balaban J connectivity index is 2.13. The van der Waals surface area contributed by atoms with Gasteiger partial charge in [0.2, 0.25) is 0 Å². The minimum absolute atomic E-state index is 0.0193. The zero-order valence-electron chi connectivity index (χ0n) is 10.4. The van der Waals surface area contributed by atoms with Gasteiger partial charge >= 0.3 is 5.97 Å². The normalized spacial score (nSPS) is 15.7. The number of carbonyl (C=O) groups excluding carboxylic acids is 1. The fourth-order valence-electron chi connectivity index (χ4n) is 1.89. The zero-order chi connectivity index (χ0) is 13.7. The molecule has 1 heterocycles. The maximum absolute atomic E-state index is 12.3. The van der Waals surface area contributed by atoms with Gasteiger partial charge in [0, 0.05) is 36.2 Å². The Morgan fingerprint density at radius 3 is 2.68 bits per heavy atom. The second-order valence-electron chi connectivity index (χ2n) is 4.20. The number of thioether (sulfide) groups is 1. The third-order valence-electron chi connectivity index (χ3n) is 2.85. The van der Waals surface area contributed by atoms with E-state index in [0.29, 0.717) is 5.56 Å². The van der Waals surface area contributed by atoms with Gasteiger partial charge in [-0.1, -0.05) is 12.1 Å². The van der Waals surface area contributed by atoms with E-state index in [4.69, 9.17) is 5.11 Å². The van der Waals surface area contributed by atoms with Crippen molar-refractivity contribution in [2.75, 3.05) is 24.6 Å². The van der Waals surface area contributed by atoms with Crippen molar-refractivity contribution >= 4 is 29.7 Å². The van der Waals surface area contributed by atoms with Crippen molar-refractivity contribution in [2.45, 2.75) is 0 Å². The van der Waals surface area contributed by atoms with Crippen LogP contribution >= 0.6 is 11.8 Å². The summed E-state index contributed by atoms with van der Waals surface area (Å²) >= 11 is 1.86. The molecule has 5 heteroatoms. The standard InChI is InChI=1S/C14H15NO3S/c16-13(17)5-4-11-2-1-3-12(10-11)14(18)15-6-8-19-9-7-15/h1-5,10H,6-9H2,(H,16,17)/b5-4+. The number of hydrogen-bond donors (Lipinski definition) is 1. The van der Waals surface area contributed by atoms with E-state index in [-0.39, 0.29) is 5.91 Å². The Morgan fingerprint density at radius 2 is 2.00 bits per heavy atom. The van der Waals surface area contributed by atoms with E-state index in [2.05, 4.69) is 0 Å². The largest absolute Gasteiger partial charge is 0.478 e. The van der Waals surface area contributed by atoms with Crippen LogP contribution in [0, 0.1) is 0 Å². The summed E-state index contributed by atoms with van der Waals surface area (Å²) in [5.74, 6) is 0.977.